The molecule has 0 spiro atoms. The average molecular weight is 310 g/mol. The molecule has 0 amide bonds. The van der Waals surface area contributed by atoms with Crippen LogP contribution in [0.5, 0.6) is 0 Å². The topological polar surface area (TPSA) is 17.1 Å². The summed E-state index contributed by atoms with van der Waals surface area (Å²) in [4.78, 5) is 10.3. The van der Waals surface area contributed by atoms with Crippen LogP contribution in [0.25, 0.3) is 0 Å². The number of rotatable bonds is 2. The molecular weight excluding hydrogens is 297 g/mol. The third kappa shape index (κ3) is 2.21. The van der Waals surface area contributed by atoms with E-state index in [1.165, 1.54) is 0 Å². The first-order valence-corrected chi connectivity index (χ1v) is 11.3. The third-order valence-electron chi connectivity index (χ3n) is 1.44. The van der Waals surface area contributed by atoms with Gasteiger partial charge in [-0.25, -0.2) is 0 Å². The Balaban J connectivity index is 3.90. The number of carbonyl (C=O) groups is 1. The minimum absolute atomic E-state index is 0.0648. The molecule has 0 rings (SSSR count). The van der Waals surface area contributed by atoms with Gasteiger partial charge < -0.3 is 0 Å². The van der Waals surface area contributed by atoms with Crippen LogP contribution in [0.3, 0.4) is 0 Å². The summed E-state index contributed by atoms with van der Waals surface area (Å²) in [6.45, 7) is 4.08. The molecule has 0 saturated heterocycles. The van der Waals surface area contributed by atoms with Crippen molar-refractivity contribution >= 4 is 28.0 Å². The minimum atomic E-state index is -1.30. The number of hydrogen-bond donors (Lipinski definition) is 0. The molecule has 2 heteroatoms. The first-order chi connectivity index (χ1) is 3.50. The molecule has 0 aromatic heterocycles. The first kappa shape index (κ1) is 8.55. The van der Waals surface area contributed by atoms with E-state index in [-0.39, 0.29) is 3.12 Å². The summed E-state index contributed by atoms with van der Waals surface area (Å²) in [5.74, 6) is 0. The second-order valence-electron chi connectivity index (χ2n) is 2.67. The maximum atomic E-state index is 10.3. The van der Waals surface area contributed by atoms with Crippen LogP contribution >= 0.6 is 0 Å². The van der Waals surface area contributed by atoms with Gasteiger partial charge >= 0.3 is 59.1 Å². The van der Waals surface area contributed by atoms with Crippen molar-refractivity contribution in [1.29, 1.82) is 0 Å². The normalized spacial score (nSPS) is 12.1. The quantitative estimate of drug-likeness (QED) is 0.561. The fourth-order valence-electron chi connectivity index (χ4n) is 0.105. The maximum absolute atomic E-state index is 10.3. The number of hydrogen-bond acceptors (Lipinski definition) is 1. The van der Waals surface area contributed by atoms with Crippen LogP contribution in [-0.2, 0) is 4.79 Å². The molecule has 0 aliphatic heterocycles. The van der Waals surface area contributed by atoms with Crippen LogP contribution in [-0.4, -0.2) is 28.0 Å². The van der Waals surface area contributed by atoms with Crippen LogP contribution in [0.1, 0.15) is 13.8 Å². The molecule has 0 radical (unpaired) electrons. The molecule has 0 saturated carbocycles. The van der Waals surface area contributed by atoms with Gasteiger partial charge in [-0.1, -0.05) is 0 Å². The molecule has 1 nitrogen and oxygen atoms in total. The van der Waals surface area contributed by atoms with E-state index in [0.717, 1.165) is 6.29 Å². The fourth-order valence-corrected chi connectivity index (χ4v) is 0.925. The van der Waals surface area contributed by atoms with Gasteiger partial charge in [-0.3, -0.25) is 0 Å². The van der Waals surface area contributed by atoms with Crippen molar-refractivity contribution in [1.82, 2.24) is 0 Å². The molecule has 0 heterocycles. The molecule has 0 aromatic carbocycles. The Morgan fingerprint density at radius 1 is 1.38 bits per heavy atom. The molecule has 0 aromatic rings. The summed E-state index contributed by atoms with van der Waals surface area (Å²) >= 11 is -1.30. The second-order valence-corrected chi connectivity index (χ2v) is 14.1. The van der Waals surface area contributed by atoms with Crippen molar-refractivity contribution in [2.24, 2.45) is 0 Å². The van der Waals surface area contributed by atoms with E-state index in [0.29, 0.717) is 0 Å². The summed E-state index contributed by atoms with van der Waals surface area (Å²) in [5, 5.41) is 0. The Labute approximate surface area is 59.1 Å². The second kappa shape index (κ2) is 2.91. The Kier molecular flexibility index (Phi) is 3.11. The van der Waals surface area contributed by atoms with Crippen molar-refractivity contribution in [3.8, 4) is 0 Å². The van der Waals surface area contributed by atoms with Crippen molar-refractivity contribution in [2.45, 2.75) is 26.2 Å². The van der Waals surface area contributed by atoms with Crippen molar-refractivity contribution in [2.75, 3.05) is 0 Å². The molecule has 0 atom stereocenters. The van der Waals surface area contributed by atoms with E-state index in [9.17, 15) is 4.79 Å². The molecule has 8 heavy (non-hydrogen) atoms. The van der Waals surface area contributed by atoms with E-state index in [1.54, 1.807) is 0 Å². The van der Waals surface area contributed by atoms with E-state index in [4.69, 9.17) is 0 Å². The average Bonchev–Trinajstić information content (AvgIpc) is 1.67. The summed E-state index contributed by atoms with van der Waals surface area (Å²) in [6, 6.07) is 0. The van der Waals surface area contributed by atoms with Gasteiger partial charge in [0.15, 0.2) is 0 Å². The Bertz CT molecular complexity index is 86.5. The van der Waals surface area contributed by atoms with Gasteiger partial charge in [-0.2, -0.15) is 0 Å². The summed E-state index contributed by atoms with van der Waals surface area (Å²) in [7, 11) is 0. The Hall–Kier alpha value is 0.553. The van der Waals surface area contributed by atoms with Crippen LogP contribution in [0.15, 0.2) is 0 Å². The molecule has 0 fully saturated rings. The zero-order valence-electron chi connectivity index (χ0n) is 5.93. The van der Waals surface area contributed by atoms with E-state index in [1.807, 2.05) is 13.8 Å². The molecule has 0 aliphatic rings. The van der Waals surface area contributed by atoms with Crippen LogP contribution < -0.4 is 0 Å². The van der Waals surface area contributed by atoms with Gasteiger partial charge in [0.25, 0.3) is 0 Å². The first-order valence-electron chi connectivity index (χ1n) is 2.64. The standard InChI is InChI=1S/C4H7O.2CH3.Bi/c1-4(2)3-5;;;/h3H,1-2H3;2*1H3;. The monoisotopic (exact) mass is 310 g/mol. The zero-order valence-corrected chi connectivity index (χ0v) is 9.41. The number of carbonyl (C=O) groups excluding carboxylic acids is 1. The van der Waals surface area contributed by atoms with E-state index in [2.05, 4.69) is 9.26 Å². The SMILES string of the molecule is [CH3][Bi]([CH3])[C](C)(C)C=O. The molecule has 0 aliphatic carbocycles. The van der Waals surface area contributed by atoms with Gasteiger partial charge in [-0.05, 0) is 0 Å². The van der Waals surface area contributed by atoms with Crippen LogP contribution in [0.2, 0.25) is 12.4 Å². The van der Waals surface area contributed by atoms with Crippen molar-refractivity contribution in [3.05, 3.63) is 0 Å². The number of aldehydes is 1. The Morgan fingerprint density at radius 3 is 1.75 bits per heavy atom. The molecule has 48 valence electrons. The van der Waals surface area contributed by atoms with E-state index < -0.39 is 21.8 Å². The molecule has 0 unspecified atom stereocenters. The fraction of sp³-hybridized carbons (Fsp3) is 0.833. The van der Waals surface area contributed by atoms with Crippen molar-refractivity contribution < 1.29 is 4.79 Å². The predicted octanol–water partition coefficient (Wildman–Crippen LogP) is 1.72. The summed E-state index contributed by atoms with van der Waals surface area (Å²) in [6.07, 6.45) is 1.10. The van der Waals surface area contributed by atoms with E-state index >= 15 is 0 Å². The Morgan fingerprint density at radius 2 is 1.75 bits per heavy atom. The van der Waals surface area contributed by atoms with Crippen LogP contribution in [0, 0.1) is 0 Å². The van der Waals surface area contributed by atoms with Crippen LogP contribution in [0.4, 0.5) is 0 Å². The summed E-state index contributed by atoms with van der Waals surface area (Å²) < 4.78 is 4.57. The molecule has 0 N–H and O–H groups in total. The molecular formula is C6H13BiO. The van der Waals surface area contributed by atoms with Gasteiger partial charge in [0.2, 0.25) is 0 Å². The van der Waals surface area contributed by atoms with Gasteiger partial charge in [0.1, 0.15) is 0 Å². The molecule has 0 bridgehead atoms. The van der Waals surface area contributed by atoms with Gasteiger partial charge in [0, 0.05) is 0 Å². The third-order valence-corrected chi connectivity index (χ3v) is 10.8. The zero-order chi connectivity index (χ0) is 6.78. The van der Waals surface area contributed by atoms with Gasteiger partial charge in [0.05, 0.1) is 0 Å². The van der Waals surface area contributed by atoms with Crippen molar-refractivity contribution in [3.63, 3.8) is 0 Å². The predicted molar refractivity (Wildman–Crippen MR) is 37.6 cm³/mol. The summed E-state index contributed by atoms with van der Waals surface area (Å²) in [5.41, 5.74) is 0. The van der Waals surface area contributed by atoms with Gasteiger partial charge in [-0.15, -0.1) is 0 Å².